The molecule has 0 spiro atoms. The first-order valence-electron chi connectivity index (χ1n) is 12.9. The molecule has 2 amide bonds. The third-order valence-electron chi connectivity index (χ3n) is 7.79. The van der Waals surface area contributed by atoms with Crippen LogP contribution in [-0.2, 0) is 4.79 Å². The van der Waals surface area contributed by atoms with Gasteiger partial charge in [-0.05, 0) is 67.4 Å². The summed E-state index contributed by atoms with van der Waals surface area (Å²) in [5, 5.41) is 1.00. The van der Waals surface area contributed by atoms with Crippen molar-refractivity contribution in [1.82, 2.24) is 19.8 Å². The van der Waals surface area contributed by atoms with Gasteiger partial charge in [0.15, 0.2) is 0 Å². The minimum absolute atomic E-state index is 0.0929. The molecule has 4 aromatic rings. The Morgan fingerprint density at radius 1 is 0.974 bits per heavy atom. The molecular weight excluding hydrogens is 476 g/mol. The van der Waals surface area contributed by atoms with Crippen LogP contribution in [0.3, 0.4) is 0 Å². The van der Waals surface area contributed by atoms with E-state index >= 15 is 0 Å². The van der Waals surface area contributed by atoms with Gasteiger partial charge in [0.1, 0.15) is 5.65 Å². The maximum absolute atomic E-state index is 12.9. The number of nitrogens with two attached hydrogens (primary N) is 1. The standard InChI is InChI=1S/C30H34N6O2/c1-19-20(2)25(29(31)38)10-9-24(19)27-17-33-30-26(27)15-22(16-32-30)21-5-7-23(8-6-21)35(4)28(37)18-36-13-11-34(3)12-14-36/h5-10,15-17H,11-14,18H2,1-4H3,(H2,31,38)(H,32,33). The lowest BCUT2D eigenvalue weighted by Crippen LogP contribution is -2.48. The van der Waals surface area contributed by atoms with E-state index in [1.165, 1.54) is 0 Å². The number of rotatable bonds is 6. The van der Waals surface area contributed by atoms with Crippen molar-refractivity contribution in [3.63, 3.8) is 0 Å². The third kappa shape index (κ3) is 4.92. The van der Waals surface area contributed by atoms with Crippen LogP contribution in [0.15, 0.2) is 54.9 Å². The summed E-state index contributed by atoms with van der Waals surface area (Å²) in [5.74, 6) is -0.328. The van der Waals surface area contributed by atoms with E-state index in [0.29, 0.717) is 12.1 Å². The molecule has 38 heavy (non-hydrogen) atoms. The predicted octanol–water partition coefficient (Wildman–Crippen LogP) is 3.82. The van der Waals surface area contributed by atoms with E-state index in [-0.39, 0.29) is 5.91 Å². The molecule has 0 aliphatic carbocycles. The van der Waals surface area contributed by atoms with Crippen molar-refractivity contribution < 1.29 is 9.59 Å². The van der Waals surface area contributed by atoms with Gasteiger partial charge in [0.25, 0.3) is 0 Å². The number of amides is 2. The molecule has 1 aliphatic heterocycles. The van der Waals surface area contributed by atoms with E-state index in [1.807, 2.05) is 63.6 Å². The number of aromatic nitrogens is 2. The molecule has 196 valence electrons. The quantitative estimate of drug-likeness (QED) is 0.411. The lowest BCUT2D eigenvalue weighted by molar-refractivity contribution is -0.119. The van der Waals surface area contributed by atoms with Crippen LogP contribution >= 0.6 is 0 Å². The predicted molar refractivity (Wildman–Crippen MR) is 152 cm³/mol. The molecule has 0 atom stereocenters. The second kappa shape index (κ2) is 10.4. The van der Waals surface area contributed by atoms with Crippen LogP contribution in [0.1, 0.15) is 21.5 Å². The normalized spacial score (nSPS) is 14.6. The number of fused-ring (bicyclic) bond motifs is 1. The number of carbonyl (C=O) groups is 2. The highest BCUT2D eigenvalue weighted by molar-refractivity contribution is 6.00. The number of carbonyl (C=O) groups excluding carboxylic acids is 2. The number of nitrogens with zero attached hydrogens (tertiary/aromatic N) is 4. The number of nitrogens with one attached hydrogen (secondary N) is 1. The Morgan fingerprint density at radius 2 is 1.68 bits per heavy atom. The minimum atomic E-state index is -0.421. The fraction of sp³-hybridized carbons (Fsp3) is 0.300. The fourth-order valence-electron chi connectivity index (χ4n) is 5.09. The van der Waals surface area contributed by atoms with Gasteiger partial charge >= 0.3 is 0 Å². The van der Waals surface area contributed by atoms with Crippen LogP contribution in [0, 0.1) is 13.8 Å². The van der Waals surface area contributed by atoms with Gasteiger partial charge in [-0.1, -0.05) is 18.2 Å². The highest BCUT2D eigenvalue weighted by Gasteiger charge is 2.20. The van der Waals surface area contributed by atoms with E-state index in [0.717, 1.165) is 76.3 Å². The monoisotopic (exact) mass is 510 g/mol. The Kier molecular flexibility index (Phi) is 7.01. The first-order chi connectivity index (χ1) is 18.2. The number of H-pyrrole nitrogens is 1. The molecule has 8 heteroatoms. The van der Waals surface area contributed by atoms with Crippen molar-refractivity contribution in [3.05, 3.63) is 71.5 Å². The number of pyridine rings is 1. The highest BCUT2D eigenvalue weighted by Crippen LogP contribution is 2.34. The zero-order valence-electron chi connectivity index (χ0n) is 22.4. The van der Waals surface area contributed by atoms with Crippen LogP contribution in [0.4, 0.5) is 5.69 Å². The summed E-state index contributed by atoms with van der Waals surface area (Å²) in [6.07, 6.45) is 3.81. The molecule has 2 aromatic heterocycles. The zero-order chi connectivity index (χ0) is 27.0. The summed E-state index contributed by atoms with van der Waals surface area (Å²) in [4.78, 5) is 38.8. The molecule has 3 heterocycles. The van der Waals surface area contributed by atoms with Gasteiger partial charge in [-0.2, -0.15) is 0 Å². The van der Waals surface area contributed by atoms with E-state index in [4.69, 9.17) is 5.73 Å². The maximum Gasteiger partial charge on any atom is 0.248 e. The molecule has 1 aliphatic rings. The smallest absolute Gasteiger partial charge is 0.248 e. The molecule has 8 nitrogen and oxygen atoms in total. The molecule has 0 radical (unpaired) electrons. The largest absolute Gasteiger partial charge is 0.366 e. The molecule has 1 fully saturated rings. The number of hydrogen-bond acceptors (Lipinski definition) is 5. The Balaban J connectivity index is 1.38. The van der Waals surface area contributed by atoms with Crippen molar-refractivity contribution in [2.45, 2.75) is 13.8 Å². The van der Waals surface area contributed by atoms with Crippen LogP contribution in [0.5, 0.6) is 0 Å². The number of anilines is 1. The Morgan fingerprint density at radius 3 is 2.37 bits per heavy atom. The molecule has 2 aromatic carbocycles. The second-order valence-corrected chi connectivity index (χ2v) is 10.2. The number of primary amides is 1. The number of piperazine rings is 1. The van der Waals surface area contributed by atoms with Crippen molar-refractivity contribution in [3.8, 4) is 22.3 Å². The van der Waals surface area contributed by atoms with E-state index in [1.54, 1.807) is 11.0 Å². The second-order valence-electron chi connectivity index (χ2n) is 10.2. The molecule has 1 saturated heterocycles. The SMILES string of the molecule is Cc1c(C(N)=O)ccc(-c2c[nH]c3ncc(-c4ccc(N(C)C(=O)CN5CCN(C)CC5)cc4)cc23)c1C. The van der Waals surface area contributed by atoms with Gasteiger partial charge < -0.3 is 20.5 Å². The van der Waals surface area contributed by atoms with Crippen molar-refractivity contribution >= 4 is 28.5 Å². The lowest BCUT2D eigenvalue weighted by atomic mass is 9.93. The molecule has 0 bridgehead atoms. The average molecular weight is 511 g/mol. The van der Waals surface area contributed by atoms with E-state index in [2.05, 4.69) is 32.9 Å². The third-order valence-corrected chi connectivity index (χ3v) is 7.79. The van der Waals surface area contributed by atoms with Gasteiger partial charge in [-0.15, -0.1) is 0 Å². The highest BCUT2D eigenvalue weighted by atomic mass is 16.2. The summed E-state index contributed by atoms with van der Waals surface area (Å²) in [6.45, 7) is 8.18. The molecule has 0 unspecified atom stereocenters. The first-order valence-corrected chi connectivity index (χ1v) is 12.9. The zero-order valence-corrected chi connectivity index (χ0v) is 22.4. The van der Waals surface area contributed by atoms with Crippen LogP contribution in [-0.4, -0.2) is 78.4 Å². The average Bonchev–Trinajstić information content (AvgIpc) is 3.34. The Labute approximate surface area is 223 Å². The fourth-order valence-corrected chi connectivity index (χ4v) is 5.09. The van der Waals surface area contributed by atoms with Crippen LogP contribution in [0.25, 0.3) is 33.3 Å². The summed E-state index contributed by atoms with van der Waals surface area (Å²) in [5.41, 5.74) is 13.7. The maximum atomic E-state index is 12.9. The number of hydrogen-bond donors (Lipinski definition) is 2. The van der Waals surface area contributed by atoms with E-state index < -0.39 is 5.91 Å². The summed E-state index contributed by atoms with van der Waals surface area (Å²) in [6, 6.07) is 13.9. The van der Waals surface area contributed by atoms with E-state index in [9.17, 15) is 9.59 Å². The van der Waals surface area contributed by atoms with Crippen molar-refractivity contribution in [1.29, 1.82) is 0 Å². The van der Waals surface area contributed by atoms with Crippen molar-refractivity contribution in [2.24, 2.45) is 5.73 Å². The lowest BCUT2D eigenvalue weighted by Gasteiger charge is -2.32. The van der Waals surface area contributed by atoms with Crippen molar-refractivity contribution in [2.75, 3.05) is 51.7 Å². The van der Waals surface area contributed by atoms with Gasteiger partial charge in [0.05, 0.1) is 6.54 Å². The number of aromatic amines is 1. The van der Waals surface area contributed by atoms with Crippen LogP contribution < -0.4 is 10.6 Å². The molecular formula is C30H34N6O2. The summed E-state index contributed by atoms with van der Waals surface area (Å²) >= 11 is 0. The Hall–Kier alpha value is -4.01. The summed E-state index contributed by atoms with van der Waals surface area (Å²) < 4.78 is 0. The van der Waals surface area contributed by atoms with Crippen LogP contribution in [0.2, 0.25) is 0 Å². The number of likely N-dealkylation sites (N-methyl/N-ethyl adjacent to an activating group) is 2. The molecule has 3 N–H and O–H groups in total. The Bertz CT molecular complexity index is 1500. The van der Waals surface area contributed by atoms with Gasteiger partial charge in [-0.25, -0.2) is 4.98 Å². The topological polar surface area (TPSA) is 98.6 Å². The molecule has 5 rings (SSSR count). The molecule has 0 saturated carbocycles. The van der Waals surface area contributed by atoms with Gasteiger partial charge in [0, 0.05) is 73.4 Å². The van der Waals surface area contributed by atoms with Gasteiger partial charge in [0.2, 0.25) is 11.8 Å². The summed E-state index contributed by atoms with van der Waals surface area (Å²) in [7, 11) is 3.95. The number of benzene rings is 2. The first kappa shape index (κ1) is 25.6. The minimum Gasteiger partial charge on any atom is -0.366 e. The van der Waals surface area contributed by atoms with Gasteiger partial charge in [-0.3, -0.25) is 14.5 Å².